The molecular formula is C15H20ClN3O6S. The van der Waals surface area contributed by atoms with Crippen molar-refractivity contribution >= 4 is 39.4 Å². The lowest BCUT2D eigenvalue weighted by atomic mass is 10.2. The SMILES string of the molecule is CC(=O)NNC(=O)COC(=O)c1cc(S(=O)(=O)N(C)C(C)C)ccc1Cl. The second-order valence-corrected chi connectivity index (χ2v) is 7.97. The minimum Gasteiger partial charge on any atom is -0.452 e. The number of carbonyl (C=O) groups excluding carboxylic acids is 3. The summed E-state index contributed by atoms with van der Waals surface area (Å²) in [4.78, 5) is 34.1. The van der Waals surface area contributed by atoms with Gasteiger partial charge in [0.25, 0.3) is 5.91 Å². The van der Waals surface area contributed by atoms with Crippen LogP contribution in [-0.2, 0) is 24.3 Å². The molecule has 0 bridgehead atoms. The highest BCUT2D eigenvalue weighted by molar-refractivity contribution is 7.89. The molecule has 0 saturated carbocycles. The van der Waals surface area contributed by atoms with Crippen LogP contribution in [0.5, 0.6) is 0 Å². The van der Waals surface area contributed by atoms with Crippen LogP contribution in [0.25, 0.3) is 0 Å². The molecule has 9 nitrogen and oxygen atoms in total. The summed E-state index contributed by atoms with van der Waals surface area (Å²) in [5.41, 5.74) is 3.85. The van der Waals surface area contributed by atoms with Gasteiger partial charge in [-0.3, -0.25) is 20.4 Å². The molecule has 144 valence electrons. The first-order valence-corrected chi connectivity index (χ1v) is 9.28. The molecule has 0 atom stereocenters. The summed E-state index contributed by atoms with van der Waals surface area (Å²) >= 11 is 5.93. The Morgan fingerprint density at radius 1 is 1.23 bits per heavy atom. The van der Waals surface area contributed by atoms with Gasteiger partial charge in [-0.05, 0) is 32.0 Å². The predicted octanol–water partition coefficient (Wildman–Crippen LogP) is 0.693. The highest BCUT2D eigenvalue weighted by Gasteiger charge is 2.25. The molecule has 1 aromatic carbocycles. The first kappa shape index (κ1) is 21.9. The Balaban J connectivity index is 2.95. The van der Waals surface area contributed by atoms with E-state index in [2.05, 4.69) is 0 Å². The van der Waals surface area contributed by atoms with Gasteiger partial charge < -0.3 is 4.74 Å². The zero-order valence-corrected chi connectivity index (χ0v) is 16.3. The third kappa shape index (κ3) is 5.68. The molecule has 1 aromatic rings. The van der Waals surface area contributed by atoms with Gasteiger partial charge in [0.05, 0.1) is 15.5 Å². The molecule has 0 heterocycles. The van der Waals surface area contributed by atoms with Crippen LogP contribution in [-0.4, -0.2) is 50.2 Å². The number of esters is 1. The lowest BCUT2D eigenvalue weighted by Gasteiger charge is -2.21. The van der Waals surface area contributed by atoms with E-state index in [-0.39, 0.29) is 21.5 Å². The van der Waals surface area contributed by atoms with Crippen molar-refractivity contribution in [2.75, 3.05) is 13.7 Å². The van der Waals surface area contributed by atoms with E-state index in [4.69, 9.17) is 16.3 Å². The number of rotatable bonds is 6. The smallest absolute Gasteiger partial charge is 0.340 e. The summed E-state index contributed by atoms with van der Waals surface area (Å²) in [6.45, 7) is 3.91. The number of nitrogens with zero attached hydrogens (tertiary/aromatic N) is 1. The fourth-order valence-corrected chi connectivity index (χ4v) is 3.26. The molecule has 26 heavy (non-hydrogen) atoms. The van der Waals surface area contributed by atoms with Gasteiger partial charge in [-0.15, -0.1) is 0 Å². The van der Waals surface area contributed by atoms with Gasteiger partial charge in [0.1, 0.15) is 0 Å². The van der Waals surface area contributed by atoms with Gasteiger partial charge in [0.15, 0.2) is 6.61 Å². The number of amides is 2. The molecule has 0 aliphatic heterocycles. The molecule has 0 aliphatic rings. The zero-order valence-electron chi connectivity index (χ0n) is 14.7. The number of halogens is 1. The van der Waals surface area contributed by atoms with Gasteiger partial charge in [-0.1, -0.05) is 11.6 Å². The number of hydrazine groups is 1. The fraction of sp³-hybridized carbons (Fsp3) is 0.400. The molecule has 0 spiro atoms. The van der Waals surface area contributed by atoms with Crippen LogP contribution in [0.15, 0.2) is 23.1 Å². The third-order valence-electron chi connectivity index (χ3n) is 3.27. The number of nitrogens with one attached hydrogen (secondary N) is 2. The van der Waals surface area contributed by atoms with E-state index in [0.717, 1.165) is 10.4 Å². The highest BCUT2D eigenvalue weighted by atomic mass is 35.5. The first-order chi connectivity index (χ1) is 12.0. The van der Waals surface area contributed by atoms with Crippen molar-refractivity contribution in [3.8, 4) is 0 Å². The van der Waals surface area contributed by atoms with Crippen molar-refractivity contribution in [2.45, 2.75) is 31.7 Å². The normalized spacial score (nSPS) is 11.3. The van der Waals surface area contributed by atoms with Gasteiger partial charge in [-0.2, -0.15) is 4.31 Å². The Kier molecular flexibility index (Phi) is 7.54. The Bertz CT molecular complexity index is 810. The van der Waals surface area contributed by atoms with E-state index < -0.39 is 34.4 Å². The van der Waals surface area contributed by atoms with Crippen molar-refractivity contribution < 1.29 is 27.5 Å². The maximum atomic E-state index is 12.5. The molecule has 0 radical (unpaired) electrons. The monoisotopic (exact) mass is 405 g/mol. The van der Waals surface area contributed by atoms with Gasteiger partial charge in [0.2, 0.25) is 15.9 Å². The maximum absolute atomic E-state index is 12.5. The van der Waals surface area contributed by atoms with Crippen LogP contribution in [0.4, 0.5) is 0 Å². The molecule has 0 aliphatic carbocycles. The zero-order chi connectivity index (χ0) is 20.1. The summed E-state index contributed by atoms with van der Waals surface area (Å²) in [7, 11) is -2.40. The lowest BCUT2D eigenvalue weighted by Crippen LogP contribution is -2.42. The molecule has 2 N–H and O–H groups in total. The highest BCUT2D eigenvalue weighted by Crippen LogP contribution is 2.24. The van der Waals surface area contributed by atoms with Crippen LogP contribution < -0.4 is 10.9 Å². The molecule has 0 saturated heterocycles. The van der Waals surface area contributed by atoms with Gasteiger partial charge in [0, 0.05) is 20.0 Å². The van der Waals surface area contributed by atoms with E-state index in [9.17, 15) is 22.8 Å². The minimum atomic E-state index is -3.82. The molecule has 11 heteroatoms. The molecule has 1 rings (SSSR count). The molecule has 2 amide bonds. The third-order valence-corrected chi connectivity index (χ3v) is 5.63. The van der Waals surface area contributed by atoms with Crippen LogP contribution in [0.3, 0.4) is 0 Å². The molecule has 0 unspecified atom stereocenters. The number of carbonyl (C=O) groups is 3. The van der Waals surface area contributed by atoms with E-state index >= 15 is 0 Å². The van der Waals surface area contributed by atoms with Crippen LogP contribution in [0, 0.1) is 0 Å². The average Bonchev–Trinajstić information content (AvgIpc) is 2.57. The van der Waals surface area contributed by atoms with E-state index in [1.54, 1.807) is 13.8 Å². The van der Waals surface area contributed by atoms with E-state index in [1.807, 2.05) is 10.9 Å². The summed E-state index contributed by atoms with van der Waals surface area (Å²) in [5.74, 6) is -2.25. The predicted molar refractivity (Wildman–Crippen MR) is 93.8 cm³/mol. The van der Waals surface area contributed by atoms with Crippen molar-refractivity contribution in [3.63, 3.8) is 0 Å². The van der Waals surface area contributed by atoms with Crippen LogP contribution in [0.2, 0.25) is 5.02 Å². The van der Waals surface area contributed by atoms with Crippen LogP contribution >= 0.6 is 11.6 Å². The molecular weight excluding hydrogens is 386 g/mol. The second kappa shape index (κ2) is 8.97. The van der Waals surface area contributed by atoms with Crippen molar-refractivity contribution in [2.24, 2.45) is 0 Å². The quantitative estimate of drug-likeness (QED) is 0.530. The Hall–Kier alpha value is -2.17. The molecule has 0 fully saturated rings. The Labute approximate surface area is 156 Å². The number of sulfonamides is 1. The van der Waals surface area contributed by atoms with Crippen molar-refractivity contribution in [1.29, 1.82) is 0 Å². The standard InChI is InChI=1S/C15H20ClN3O6S/c1-9(2)19(4)26(23,24)11-5-6-13(16)12(7-11)15(22)25-8-14(21)18-17-10(3)20/h5-7,9H,8H2,1-4H3,(H,17,20)(H,18,21). The fourth-order valence-electron chi connectivity index (χ4n) is 1.67. The summed E-state index contributed by atoms with van der Waals surface area (Å²) in [6.07, 6.45) is 0. The number of hydrogen-bond acceptors (Lipinski definition) is 6. The second-order valence-electron chi connectivity index (χ2n) is 5.56. The largest absolute Gasteiger partial charge is 0.452 e. The van der Waals surface area contributed by atoms with Crippen molar-refractivity contribution in [3.05, 3.63) is 28.8 Å². The van der Waals surface area contributed by atoms with E-state index in [0.29, 0.717) is 0 Å². The first-order valence-electron chi connectivity index (χ1n) is 7.47. The topological polar surface area (TPSA) is 122 Å². The summed E-state index contributed by atoms with van der Waals surface area (Å²) < 4.78 is 30.9. The van der Waals surface area contributed by atoms with E-state index in [1.165, 1.54) is 26.1 Å². The number of hydrogen-bond donors (Lipinski definition) is 2. The number of benzene rings is 1. The summed E-state index contributed by atoms with van der Waals surface area (Å²) in [6, 6.07) is 3.33. The van der Waals surface area contributed by atoms with Gasteiger partial charge >= 0.3 is 5.97 Å². The Morgan fingerprint density at radius 3 is 2.38 bits per heavy atom. The van der Waals surface area contributed by atoms with Gasteiger partial charge in [-0.25, -0.2) is 13.2 Å². The lowest BCUT2D eigenvalue weighted by molar-refractivity contribution is -0.129. The molecule has 0 aromatic heterocycles. The summed E-state index contributed by atoms with van der Waals surface area (Å²) in [5, 5.41) is -0.0246. The minimum absolute atomic E-state index is 0.0246. The van der Waals surface area contributed by atoms with Crippen molar-refractivity contribution in [1.82, 2.24) is 15.2 Å². The maximum Gasteiger partial charge on any atom is 0.340 e. The van der Waals surface area contributed by atoms with Crippen LogP contribution in [0.1, 0.15) is 31.1 Å². The average molecular weight is 406 g/mol. The number of ether oxygens (including phenoxy) is 1. The Morgan fingerprint density at radius 2 is 1.85 bits per heavy atom.